The molecule has 6 nitrogen and oxygen atoms in total. The first-order valence-electron chi connectivity index (χ1n) is 9.92. The van der Waals surface area contributed by atoms with Crippen molar-refractivity contribution in [1.29, 1.82) is 0 Å². The van der Waals surface area contributed by atoms with E-state index in [0.717, 1.165) is 22.2 Å². The van der Waals surface area contributed by atoms with E-state index < -0.39 is 11.1 Å². The molecular weight excluding hydrogens is 419 g/mol. The van der Waals surface area contributed by atoms with Crippen LogP contribution in [0.25, 0.3) is 6.08 Å². The van der Waals surface area contributed by atoms with Gasteiger partial charge in [-0.15, -0.1) is 0 Å². The molecule has 1 saturated heterocycles. The number of likely N-dealkylation sites (N-methyl/N-ethyl adjacent to an activating group) is 1. The molecule has 8 heteroatoms. The van der Waals surface area contributed by atoms with Crippen LogP contribution in [0.3, 0.4) is 0 Å². The molecule has 0 atom stereocenters. The Bertz CT molecular complexity index is 1000. The maximum absolute atomic E-state index is 13.1. The summed E-state index contributed by atoms with van der Waals surface area (Å²) >= 11 is 0.801. The van der Waals surface area contributed by atoms with Gasteiger partial charge >= 0.3 is 0 Å². The predicted octanol–water partition coefficient (Wildman–Crippen LogP) is 4.31. The fraction of sp³-hybridized carbons (Fsp3) is 0.261. The third-order valence-corrected chi connectivity index (χ3v) is 5.70. The second kappa shape index (κ2) is 10.3. The standard InChI is InChI=1S/C23H23FN2O4S/c1-3-25(4-2)21(27)14-26-22(28)20(31-23(26)29)13-17-7-5-6-8-19(17)30-15-16-9-11-18(24)12-10-16/h5-13H,3-4,14-15H2,1-2H3/b20-13-. The fourth-order valence-corrected chi connectivity index (χ4v) is 3.89. The van der Waals surface area contributed by atoms with Crippen molar-refractivity contribution >= 4 is 34.9 Å². The molecule has 0 radical (unpaired) electrons. The Hall–Kier alpha value is -3.13. The number of para-hydroxylation sites is 1. The molecule has 0 saturated carbocycles. The number of thioether (sulfide) groups is 1. The zero-order chi connectivity index (χ0) is 22.4. The molecular formula is C23H23FN2O4S. The number of nitrogens with zero attached hydrogens (tertiary/aromatic N) is 2. The van der Waals surface area contributed by atoms with Crippen LogP contribution in [0.15, 0.2) is 53.4 Å². The van der Waals surface area contributed by atoms with Crippen LogP contribution in [-0.2, 0) is 16.2 Å². The third-order valence-electron chi connectivity index (χ3n) is 4.80. The maximum Gasteiger partial charge on any atom is 0.294 e. The highest BCUT2D eigenvalue weighted by molar-refractivity contribution is 8.18. The monoisotopic (exact) mass is 442 g/mol. The quantitative estimate of drug-likeness (QED) is 0.570. The van der Waals surface area contributed by atoms with E-state index in [1.54, 1.807) is 47.4 Å². The highest BCUT2D eigenvalue weighted by Crippen LogP contribution is 2.34. The Balaban J connectivity index is 1.74. The van der Waals surface area contributed by atoms with Crippen LogP contribution in [0.4, 0.5) is 9.18 Å². The summed E-state index contributed by atoms with van der Waals surface area (Å²) in [6.07, 6.45) is 1.59. The third kappa shape index (κ3) is 5.52. The highest BCUT2D eigenvalue weighted by atomic mass is 32.2. The molecule has 31 heavy (non-hydrogen) atoms. The maximum atomic E-state index is 13.1. The van der Waals surface area contributed by atoms with Gasteiger partial charge in [0.1, 0.15) is 24.7 Å². The number of carbonyl (C=O) groups excluding carboxylic acids is 3. The second-order valence-electron chi connectivity index (χ2n) is 6.79. The first kappa shape index (κ1) is 22.6. The van der Waals surface area contributed by atoms with Gasteiger partial charge in [-0.3, -0.25) is 19.3 Å². The molecule has 3 amide bonds. The van der Waals surface area contributed by atoms with E-state index in [1.807, 2.05) is 13.8 Å². The summed E-state index contributed by atoms with van der Waals surface area (Å²) < 4.78 is 18.9. The summed E-state index contributed by atoms with van der Waals surface area (Å²) in [5.74, 6) is -0.558. The zero-order valence-corrected chi connectivity index (χ0v) is 18.2. The highest BCUT2D eigenvalue weighted by Gasteiger charge is 2.37. The number of imide groups is 1. The van der Waals surface area contributed by atoms with Crippen molar-refractivity contribution in [3.8, 4) is 5.75 Å². The average Bonchev–Trinajstić information content (AvgIpc) is 3.02. The van der Waals surface area contributed by atoms with Gasteiger partial charge < -0.3 is 9.64 Å². The van der Waals surface area contributed by atoms with Crippen LogP contribution in [-0.4, -0.2) is 46.5 Å². The van der Waals surface area contributed by atoms with Crippen LogP contribution < -0.4 is 4.74 Å². The minimum Gasteiger partial charge on any atom is -0.488 e. The van der Waals surface area contributed by atoms with Crippen LogP contribution in [0.2, 0.25) is 0 Å². The van der Waals surface area contributed by atoms with E-state index in [4.69, 9.17) is 4.74 Å². The molecule has 0 bridgehead atoms. The van der Waals surface area contributed by atoms with Crippen LogP contribution in [0.5, 0.6) is 5.75 Å². The summed E-state index contributed by atoms with van der Waals surface area (Å²) in [5, 5.41) is -0.471. The second-order valence-corrected chi connectivity index (χ2v) is 7.78. The van der Waals surface area contributed by atoms with Crippen molar-refractivity contribution in [2.24, 2.45) is 0 Å². The van der Waals surface area contributed by atoms with Crippen molar-refractivity contribution < 1.29 is 23.5 Å². The molecule has 1 aliphatic rings. The van der Waals surface area contributed by atoms with Gasteiger partial charge in [0.25, 0.3) is 11.1 Å². The number of benzene rings is 2. The number of amides is 3. The molecule has 2 aromatic carbocycles. The lowest BCUT2D eigenvalue weighted by atomic mass is 10.1. The van der Waals surface area contributed by atoms with Gasteiger partial charge in [-0.1, -0.05) is 30.3 Å². The van der Waals surface area contributed by atoms with E-state index in [0.29, 0.717) is 24.4 Å². The normalized spacial score (nSPS) is 14.9. The summed E-state index contributed by atoms with van der Waals surface area (Å²) in [4.78, 5) is 40.2. The summed E-state index contributed by atoms with van der Waals surface area (Å²) in [6.45, 7) is 4.67. The topological polar surface area (TPSA) is 66.9 Å². The van der Waals surface area contributed by atoms with Crippen LogP contribution in [0, 0.1) is 5.82 Å². The predicted molar refractivity (Wildman–Crippen MR) is 118 cm³/mol. The molecule has 0 unspecified atom stereocenters. The molecule has 1 heterocycles. The van der Waals surface area contributed by atoms with E-state index in [1.165, 1.54) is 12.1 Å². The molecule has 2 aromatic rings. The van der Waals surface area contributed by atoms with Crippen molar-refractivity contribution in [2.45, 2.75) is 20.5 Å². The Kier molecular flexibility index (Phi) is 7.46. The van der Waals surface area contributed by atoms with Crippen molar-refractivity contribution in [3.05, 3.63) is 70.4 Å². The lowest BCUT2D eigenvalue weighted by Crippen LogP contribution is -2.41. The van der Waals surface area contributed by atoms with Gasteiger partial charge in [0, 0.05) is 18.7 Å². The van der Waals surface area contributed by atoms with E-state index in [2.05, 4.69) is 0 Å². The Morgan fingerprint density at radius 1 is 1.10 bits per heavy atom. The summed E-state index contributed by atoms with van der Waals surface area (Å²) in [7, 11) is 0. The van der Waals surface area contributed by atoms with Crippen LogP contribution in [0.1, 0.15) is 25.0 Å². The number of carbonyl (C=O) groups is 3. The number of ether oxygens (including phenoxy) is 1. The van der Waals surface area contributed by atoms with Crippen molar-refractivity contribution in [1.82, 2.24) is 9.80 Å². The largest absolute Gasteiger partial charge is 0.488 e. The lowest BCUT2D eigenvalue weighted by Gasteiger charge is -2.21. The van der Waals surface area contributed by atoms with Gasteiger partial charge in [-0.25, -0.2) is 4.39 Å². The first-order valence-corrected chi connectivity index (χ1v) is 10.7. The van der Waals surface area contributed by atoms with Gasteiger partial charge in [0.05, 0.1) is 4.91 Å². The van der Waals surface area contributed by atoms with E-state index in [9.17, 15) is 18.8 Å². The van der Waals surface area contributed by atoms with Crippen LogP contribution >= 0.6 is 11.8 Å². The summed E-state index contributed by atoms with van der Waals surface area (Å²) in [6, 6.07) is 13.1. The fourth-order valence-electron chi connectivity index (χ4n) is 3.06. The van der Waals surface area contributed by atoms with Gasteiger partial charge in [-0.05, 0) is 55.4 Å². The lowest BCUT2D eigenvalue weighted by molar-refractivity contribution is -0.135. The number of hydrogen-bond acceptors (Lipinski definition) is 5. The van der Waals surface area contributed by atoms with Crippen molar-refractivity contribution in [2.75, 3.05) is 19.6 Å². The van der Waals surface area contributed by atoms with E-state index >= 15 is 0 Å². The number of rotatable bonds is 8. The minimum atomic E-state index is -0.496. The van der Waals surface area contributed by atoms with Gasteiger partial charge in [-0.2, -0.15) is 0 Å². The molecule has 0 spiro atoms. The molecule has 162 valence electrons. The zero-order valence-electron chi connectivity index (χ0n) is 17.3. The first-order chi connectivity index (χ1) is 14.9. The van der Waals surface area contributed by atoms with Gasteiger partial charge in [0.15, 0.2) is 0 Å². The molecule has 1 aliphatic heterocycles. The SMILES string of the molecule is CCN(CC)C(=O)CN1C(=O)S/C(=C\c2ccccc2OCc2ccc(F)cc2)C1=O. The molecule has 0 aromatic heterocycles. The average molecular weight is 443 g/mol. The molecule has 3 rings (SSSR count). The summed E-state index contributed by atoms with van der Waals surface area (Å²) in [5.41, 5.74) is 1.43. The molecule has 1 fully saturated rings. The number of halogens is 1. The van der Waals surface area contributed by atoms with Gasteiger partial charge in [0.2, 0.25) is 5.91 Å². The minimum absolute atomic E-state index is 0.227. The van der Waals surface area contributed by atoms with E-state index in [-0.39, 0.29) is 29.8 Å². The Labute approximate surface area is 184 Å². The molecule has 0 aliphatic carbocycles. The molecule has 0 N–H and O–H groups in total. The Morgan fingerprint density at radius 3 is 2.45 bits per heavy atom. The Morgan fingerprint density at radius 2 is 1.77 bits per heavy atom. The smallest absolute Gasteiger partial charge is 0.294 e. The van der Waals surface area contributed by atoms with Crippen molar-refractivity contribution in [3.63, 3.8) is 0 Å². The number of hydrogen-bond donors (Lipinski definition) is 0.